The lowest BCUT2D eigenvalue weighted by atomic mass is 9.95. The van der Waals surface area contributed by atoms with Crippen molar-refractivity contribution in [2.75, 3.05) is 13.1 Å². The van der Waals surface area contributed by atoms with Gasteiger partial charge in [0.05, 0.1) is 5.92 Å². The number of piperidine rings is 1. The Morgan fingerprint density at radius 2 is 1.95 bits per heavy atom. The maximum Gasteiger partial charge on any atom is 0.224 e. The fraction of sp³-hybridized carbons (Fsp3) is 0.588. The van der Waals surface area contributed by atoms with E-state index in [2.05, 4.69) is 10.2 Å². The van der Waals surface area contributed by atoms with Gasteiger partial charge >= 0.3 is 0 Å². The summed E-state index contributed by atoms with van der Waals surface area (Å²) < 4.78 is 0. The van der Waals surface area contributed by atoms with Crippen molar-refractivity contribution in [2.45, 2.75) is 45.7 Å². The highest BCUT2D eigenvalue weighted by Gasteiger charge is 2.28. The third-order valence-corrected chi connectivity index (χ3v) is 4.53. The van der Waals surface area contributed by atoms with Gasteiger partial charge in [0.15, 0.2) is 0 Å². The summed E-state index contributed by atoms with van der Waals surface area (Å²) in [5.41, 5.74) is 0.758. The molecule has 1 fully saturated rings. The summed E-state index contributed by atoms with van der Waals surface area (Å²) in [5.74, 6) is 0.177. The number of hydrogen-bond acceptors (Lipinski definition) is 2. The average molecular weight is 343 g/mol. The standard InChI is InChI=1S/C17H24Cl2N2O/c1-17(2,3)20-16(22)12-6-5-9-21(10-12)11-13-14(18)7-4-8-15(13)19/h4,7-8,12H,5-6,9-11H2,1-3H3,(H,20,22). The molecule has 1 N–H and O–H groups in total. The van der Waals surface area contributed by atoms with Crippen LogP contribution in [-0.4, -0.2) is 29.4 Å². The van der Waals surface area contributed by atoms with Gasteiger partial charge in [0.2, 0.25) is 5.91 Å². The number of benzene rings is 1. The van der Waals surface area contributed by atoms with Crippen molar-refractivity contribution in [2.24, 2.45) is 5.92 Å². The van der Waals surface area contributed by atoms with Crippen LogP contribution in [0.3, 0.4) is 0 Å². The number of halogens is 2. The van der Waals surface area contributed by atoms with E-state index in [-0.39, 0.29) is 17.4 Å². The molecule has 0 saturated carbocycles. The lowest BCUT2D eigenvalue weighted by molar-refractivity contribution is -0.128. The first-order valence-electron chi connectivity index (χ1n) is 7.73. The Morgan fingerprint density at radius 3 is 2.55 bits per heavy atom. The number of hydrogen-bond donors (Lipinski definition) is 1. The number of amides is 1. The zero-order valence-corrected chi connectivity index (χ0v) is 15.0. The fourth-order valence-corrected chi connectivity index (χ4v) is 3.31. The molecule has 1 unspecified atom stereocenters. The van der Waals surface area contributed by atoms with Crippen LogP contribution in [0.2, 0.25) is 10.0 Å². The molecule has 122 valence electrons. The SMILES string of the molecule is CC(C)(C)NC(=O)C1CCCN(Cc2c(Cl)cccc2Cl)C1. The van der Waals surface area contributed by atoms with Crippen molar-refractivity contribution >= 4 is 29.1 Å². The first-order chi connectivity index (χ1) is 10.3. The minimum absolute atomic E-state index is 0.0363. The maximum atomic E-state index is 12.4. The van der Waals surface area contributed by atoms with E-state index in [1.807, 2.05) is 39.0 Å². The molecular weight excluding hydrogens is 319 g/mol. The van der Waals surface area contributed by atoms with Crippen LogP contribution in [0.15, 0.2) is 18.2 Å². The number of rotatable bonds is 3. The highest BCUT2D eigenvalue weighted by Crippen LogP contribution is 2.27. The molecule has 0 aromatic heterocycles. The van der Waals surface area contributed by atoms with E-state index in [1.165, 1.54) is 0 Å². The van der Waals surface area contributed by atoms with Gasteiger partial charge < -0.3 is 5.32 Å². The van der Waals surface area contributed by atoms with Crippen LogP contribution in [0.25, 0.3) is 0 Å². The third-order valence-electron chi connectivity index (χ3n) is 3.82. The molecule has 0 radical (unpaired) electrons. The van der Waals surface area contributed by atoms with Crippen LogP contribution >= 0.6 is 23.2 Å². The molecule has 1 atom stereocenters. The van der Waals surface area contributed by atoms with Gasteiger partial charge in [-0.3, -0.25) is 9.69 Å². The molecule has 1 saturated heterocycles. The zero-order valence-electron chi connectivity index (χ0n) is 13.5. The van der Waals surface area contributed by atoms with Crippen LogP contribution in [0.1, 0.15) is 39.2 Å². The molecule has 22 heavy (non-hydrogen) atoms. The highest BCUT2D eigenvalue weighted by molar-refractivity contribution is 6.35. The largest absolute Gasteiger partial charge is 0.351 e. The lowest BCUT2D eigenvalue weighted by Crippen LogP contribution is -2.48. The van der Waals surface area contributed by atoms with E-state index < -0.39 is 0 Å². The molecule has 0 aliphatic carbocycles. The van der Waals surface area contributed by atoms with Gasteiger partial charge in [0.1, 0.15) is 0 Å². The van der Waals surface area contributed by atoms with Crippen LogP contribution in [-0.2, 0) is 11.3 Å². The molecule has 1 amide bonds. The summed E-state index contributed by atoms with van der Waals surface area (Å²) in [6, 6.07) is 5.57. The molecule has 1 aromatic carbocycles. The Balaban J connectivity index is 2.00. The molecule has 1 aliphatic rings. The minimum Gasteiger partial charge on any atom is -0.351 e. The van der Waals surface area contributed by atoms with E-state index >= 15 is 0 Å². The predicted molar refractivity (Wildman–Crippen MR) is 92.4 cm³/mol. The first kappa shape index (κ1) is 17.6. The zero-order chi connectivity index (χ0) is 16.3. The first-order valence-corrected chi connectivity index (χ1v) is 8.49. The molecule has 1 aliphatic heterocycles. The topological polar surface area (TPSA) is 32.3 Å². The van der Waals surface area contributed by atoms with Crippen LogP contribution in [0.4, 0.5) is 0 Å². The second-order valence-corrected chi connectivity index (χ2v) is 7.83. The number of carbonyl (C=O) groups excluding carboxylic acids is 1. The highest BCUT2D eigenvalue weighted by atomic mass is 35.5. The van der Waals surface area contributed by atoms with Crippen molar-refractivity contribution in [1.29, 1.82) is 0 Å². The van der Waals surface area contributed by atoms with Crippen molar-refractivity contribution in [3.63, 3.8) is 0 Å². The Labute approximate surface area is 143 Å². The Hall–Kier alpha value is -0.770. The Kier molecular flexibility index (Phi) is 5.76. The second kappa shape index (κ2) is 7.20. The molecule has 1 aromatic rings. The van der Waals surface area contributed by atoms with E-state index in [4.69, 9.17) is 23.2 Å². The van der Waals surface area contributed by atoms with Gasteiger partial charge in [-0.25, -0.2) is 0 Å². The van der Waals surface area contributed by atoms with E-state index in [9.17, 15) is 4.79 Å². The van der Waals surface area contributed by atoms with Crippen LogP contribution in [0.5, 0.6) is 0 Å². The van der Waals surface area contributed by atoms with Gasteiger partial charge in [-0.2, -0.15) is 0 Å². The van der Waals surface area contributed by atoms with Gasteiger partial charge in [-0.1, -0.05) is 29.3 Å². The summed E-state index contributed by atoms with van der Waals surface area (Å²) in [7, 11) is 0. The summed E-state index contributed by atoms with van der Waals surface area (Å²) in [4.78, 5) is 14.6. The molecule has 0 bridgehead atoms. The Bertz CT molecular complexity index is 520. The monoisotopic (exact) mass is 342 g/mol. The summed E-state index contributed by atoms with van der Waals surface area (Å²) >= 11 is 12.5. The van der Waals surface area contributed by atoms with E-state index in [0.29, 0.717) is 16.6 Å². The quantitative estimate of drug-likeness (QED) is 0.895. The average Bonchev–Trinajstić information content (AvgIpc) is 2.41. The van der Waals surface area contributed by atoms with Crippen molar-refractivity contribution < 1.29 is 4.79 Å². The number of nitrogens with one attached hydrogen (secondary N) is 1. The maximum absolute atomic E-state index is 12.4. The molecule has 3 nitrogen and oxygen atoms in total. The molecule has 1 heterocycles. The third kappa shape index (κ3) is 4.87. The summed E-state index contributed by atoms with van der Waals surface area (Å²) in [5, 5.41) is 4.46. The predicted octanol–water partition coefficient (Wildman–Crippen LogP) is 4.12. The van der Waals surface area contributed by atoms with Crippen molar-refractivity contribution in [3.05, 3.63) is 33.8 Å². The Morgan fingerprint density at radius 1 is 1.32 bits per heavy atom. The van der Waals surface area contributed by atoms with Gasteiger partial charge in [0.25, 0.3) is 0 Å². The lowest BCUT2D eigenvalue weighted by Gasteiger charge is -2.34. The normalized spacial score (nSPS) is 20.0. The smallest absolute Gasteiger partial charge is 0.224 e. The summed E-state index contributed by atoms with van der Waals surface area (Å²) in [6.07, 6.45) is 1.96. The van der Waals surface area contributed by atoms with Gasteiger partial charge in [0, 0.05) is 34.2 Å². The van der Waals surface area contributed by atoms with Gasteiger partial charge in [-0.05, 0) is 52.3 Å². The minimum atomic E-state index is -0.189. The molecule has 2 rings (SSSR count). The number of carbonyl (C=O) groups is 1. The van der Waals surface area contributed by atoms with E-state index in [1.54, 1.807) is 0 Å². The van der Waals surface area contributed by atoms with Crippen LogP contribution < -0.4 is 5.32 Å². The number of likely N-dealkylation sites (tertiary alicyclic amines) is 1. The second-order valence-electron chi connectivity index (χ2n) is 7.01. The van der Waals surface area contributed by atoms with Crippen LogP contribution in [0, 0.1) is 5.92 Å². The number of nitrogens with zero attached hydrogens (tertiary/aromatic N) is 1. The van der Waals surface area contributed by atoms with Crippen molar-refractivity contribution in [3.8, 4) is 0 Å². The van der Waals surface area contributed by atoms with Crippen molar-refractivity contribution in [1.82, 2.24) is 10.2 Å². The molecule has 5 heteroatoms. The van der Waals surface area contributed by atoms with Gasteiger partial charge in [-0.15, -0.1) is 0 Å². The van der Waals surface area contributed by atoms with E-state index in [0.717, 1.165) is 31.5 Å². The molecular formula is C17H24Cl2N2O. The summed E-state index contributed by atoms with van der Waals surface area (Å²) in [6.45, 7) is 8.45. The fourth-order valence-electron chi connectivity index (χ4n) is 2.79. The molecule has 0 spiro atoms.